The van der Waals surface area contributed by atoms with Gasteiger partial charge in [-0.25, -0.2) is 0 Å². The Morgan fingerprint density at radius 3 is 2.76 bits per heavy atom. The number of nitriles is 1. The summed E-state index contributed by atoms with van der Waals surface area (Å²) in [5.74, 6) is 0.113. The van der Waals surface area contributed by atoms with Crippen molar-refractivity contribution in [3.8, 4) is 6.07 Å². The maximum absolute atomic E-state index is 11.8. The number of amides is 1. The number of hydrogen-bond donors (Lipinski definition) is 1. The average Bonchev–Trinajstić information content (AvgIpc) is 2.37. The summed E-state index contributed by atoms with van der Waals surface area (Å²) < 4.78 is 11.5. The molecule has 0 fully saturated rings. The van der Waals surface area contributed by atoms with Gasteiger partial charge in [-0.15, -0.1) is 0 Å². The van der Waals surface area contributed by atoms with Gasteiger partial charge >= 0.3 is 0 Å². The first-order chi connectivity index (χ1) is 8.10. The Balaban J connectivity index is 2.82. The van der Waals surface area contributed by atoms with Crippen molar-refractivity contribution in [3.63, 3.8) is 0 Å². The summed E-state index contributed by atoms with van der Waals surface area (Å²) >= 11 is 0. The van der Waals surface area contributed by atoms with Gasteiger partial charge in [0.15, 0.2) is 0 Å². The van der Waals surface area contributed by atoms with E-state index in [0.717, 1.165) is 0 Å². The molecule has 0 bridgehead atoms. The van der Waals surface area contributed by atoms with Gasteiger partial charge in [0.2, 0.25) is 5.91 Å². The highest BCUT2D eigenvalue weighted by Gasteiger charge is 2.19. The number of rotatable bonds is 4. The van der Waals surface area contributed by atoms with Gasteiger partial charge in [-0.1, -0.05) is 19.1 Å². The molecule has 4 nitrogen and oxygen atoms in total. The lowest BCUT2D eigenvalue weighted by Gasteiger charge is -2.11. The molecular weight excluding hydrogens is 236 g/mol. The van der Waals surface area contributed by atoms with Gasteiger partial charge in [-0.3, -0.25) is 9.00 Å². The molecule has 0 aromatic heterocycles. The van der Waals surface area contributed by atoms with Crippen molar-refractivity contribution >= 4 is 22.4 Å². The molecular formula is C12H14N2O2S. The normalized spacial score (nSPS) is 13.5. The van der Waals surface area contributed by atoms with E-state index in [1.54, 1.807) is 38.1 Å². The summed E-state index contributed by atoms with van der Waals surface area (Å²) in [4.78, 5) is 11.8. The van der Waals surface area contributed by atoms with Crippen LogP contribution in [0.3, 0.4) is 0 Å². The molecule has 0 aliphatic carbocycles. The van der Waals surface area contributed by atoms with Gasteiger partial charge in [0, 0.05) is 16.6 Å². The standard InChI is InChI=1S/C12H14N2O2S/c1-3-17(16)9(2)12(15)14-11-7-5-4-6-10(11)8-13/h4-7,9H,3H2,1-2H3,(H,14,15). The molecule has 2 atom stereocenters. The Morgan fingerprint density at radius 1 is 1.53 bits per heavy atom. The van der Waals surface area contributed by atoms with Crippen LogP contribution in [-0.4, -0.2) is 21.1 Å². The van der Waals surface area contributed by atoms with Crippen molar-refractivity contribution in [2.75, 3.05) is 11.1 Å². The van der Waals surface area contributed by atoms with Crippen molar-refractivity contribution in [2.24, 2.45) is 0 Å². The van der Waals surface area contributed by atoms with Crippen LogP contribution in [0.15, 0.2) is 24.3 Å². The quantitative estimate of drug-likeness (QED) is 0.883. The number of carbonyl (C=O) groups excluding carboxylic acids is 1. The summed E-state index contributed by atoms with van der Waals surface area (Å²) in [5.41, 5.74) is 0.857. The minimum absolute atomic E-state index is 0.326. The number of carbonyl (C=O) groups is 1. The molecule has 1 aromatic carbocycles. The Labute approximate surface area is 103 Å². The van der Waals surface area contributed by atoms with Crippen molar-refractivity contribution in [1.82, 2.24) is 0 Å². The molecule has 17 heavy (non-hydrogen) atoms. The van der Waals surface area contributed by atoms with Crippen molar-refractivity contribution in [1.29, 1.82) is 5.26 Å². The third-order valence-corrected chi connectivity index (χ3v) is 3.93. The summed E-state index contributed by atoms with van der Waals surface area (Å²) in [6.07, 6.45) is 0. The molecule has 0 spiro atoms. The molecule has 0 aliphatic heterocycles. The first-order valence-electron chi connectivity index (χ1n) is 5.27. The summed E-state index contributed by atoms with van der Waals surface area (Å²) in [7, 11) is -1.18. The zero-order valence-corrected chi connectivity index (χ0v) is 10.6. The van der Waals surface area contributed by atoms with E-state index in [9.17, 15) is 9.00 Å². The summed E-state index contributed by atoms with van der Waals surface area (Å²) in [6, 6.07) is 8.72. The minimum atomic E-state index is -1.18. The van der Waals surface area contributed by atoms with Crippen LogP contribution < -0.4 is 5.32 Å². The molecule has 1 N–H and O–H groups in total. The van der Waals surface area contributed by atoms with Gasteiger partial charge in [-0.05, 0) is 19.1 Å². The Bertz CT molecular complexity index is 480. The lowest BCUT2D eigenvalue weighted by atomic mass is 10.2. The second-order valence-electron chi connectivity index (χ2n) is 3.46. The molecule has 1 amide bonds. The molecule has 5 heteroatoms. The number of nitrogens with one attached hydrogen (secondary N) is 1. The number of hydrogen-bond acceptors (Lipinski definition) is 3. The van der Waals surface area contributed by atoms with Crippen LogP contribution in [0.1, 0.15) is 19.4 Å². The fourth-order valence-corrected chi connectivity index (χ4v) is 2.09. The fraction of sp³-hybridized carbons (Fsp3) is 0.333. The number of nitrogens with zero attached hydrogens (tertiary/aromatic N) is 1. The Kier molecular flexibility index (Phi) is 4.85. The third-order valence-electron chi connectivity index (χ3n) is 2.35. The predicted octanol–water partition coefficient (Wildman–Crippen LogP) is 1.65. The Hall–Kier alpha value is -1.67. The van der Waals surface area contributed by atoms with Crippen LogP contribution in [0.4, 0.5) is 5.69 Å². The van der Waals surface area contributed by atoms with Crippen LogP contribution in [0.2, 0.25) is 0 Å². The van der Waals surface area contributed by atoms with Gasteiger partial charge in [0.05, 0.1) is 11.3 Å². The van der Waals surface area contributed by atoms with E-state index in [4.69, 9.17) is 5.26 Å². The van der Waals surface area contributed by atoms with E-state index in [-0.39, 0.29) is 5.91 Å². The van der Waals surface area contributed by atoms with Crippen molar-refractivity contribution in [3.05, 3.63) is 29.8 Å². The highest BCUT2D eigenvalue weighted by molar-refractivity contribution is 7.86. The fourth-order valence-electron chi connectivity index (χ4n) is 1.29. The topological polar surface area (TPSA) is 70.0 Å². The molecule has 1 aromatic rings. The van der Waals surface area contributed by atoms with E-state index in [1.165, 1.54) is 0 Å². The third kappa shape index (κ3) is 3.40. The van der Waals surface area contributed by atoms with Crippen LogP contribution in [0.25, 0.3) is 0 Å². The van der Waals surface area contributed by atoms with Crippen LogP contribution in [-0.2, 0) is 15.6 Å². The first-order valence-corrected chi connectivity index (χ1v) is 6.65. The lowest BCUT2D eigenvalue weighted by molar-refractivity contribution is -0.115. The number of para-hydroxylation sites is 1. The summed E-state index contributed by atoms with van der Waals surface area (Å²) in [6.45, 7) is 3.38. The largest absolute Gasteiger partial charge is 0.324 e. The van der Waals surface area contributed by atoms with Gasteiger partial charge < -0.3 is 5.32 Å². The van der Waals surface area contributed by atoms with E-state index in [0.29, 0.717) is 17.0 Å². The lowest BCUT2D eigenvalue weighted by Crippen LogP contribution is -2.30. The molecule has 0 saturated heterocycles. The molecule has 0 radical (unpaired) electrons. The smallest absolute Gasteiger partial charge is 0.239 e. The SMILES string of the molecule is CCS(=O)C(C)C(=O)Nc1ccccc1C#N. The van der Waals surface area contributed by atoms with Crippen LogP contribution in [0, 0.1) is 11.3 Å². The number of anilines is 1. The Morgan fingerprint density at radius 2 is 2.18 bits per heavy atom. The highest BCUT2D eigenvalue weighted by Crippen LogP contribution is 2.14. The van der Waals surface area contributed by atoms with Gasteiger partial charge in [0.1, 0.15) is 11.3 Å². The second kappa shape index (κ2) is 6.16. The molecule has 0 saturated carbocycles. The predicted molar refractivity (Wildman–Crippen MR) is 67.9 cm³/mol. The first kappa shape index (κ1) is 13.4. The van der Waals surface area contributed by atoms with E-state index in [2.05, 4.69) is 5.32 Å². The summed E-state index contributed by atoms with van der Waals surface area (Å²) in [5, 5.41) is 10.9. The van der Waals surface area contributed by atoms with Crippen molar-refractivity contribution in [2.45, 2.75) is 19.1 Å². The maximum atomic E-state index is 11.8. The monoisotopic (exact) mass is 250 g/mol. The van der Waals surface area contributed by atoms with Gasteiger partial charge in [0.25, 0.3) is 0 Å². The average molecular weight is 250 g/mol. The zero-order chi connectivity index (χ0) is 12.8. The molecule has 1 rings (SSSR count). The van der Waals surface area contributed by atoms with Gasteiger partial charge in [-0.2, -0.15) is 5.26 Å². The molecule has 2 unspecified atom stereocenters. The molecule has 90 valence electrons. The van der Waals surface area contributed by atoms with E-state index >= 15 is 0 Å². The second-order valence-corrected chi connectivity index (χ2v) is 5.50. The molecule has 0 aliphatic rings. The van der Waals surface area contributed by atoms with E-state index in [1.807, 2.05) is 6.07 Å². The minimum Gasteiger partial charge on any atom is -0.324 e. The number of benzene rings is 1. The highest BCUT2D eigenvalue weighted by atomic mass is 32.2. The van der Waals surface area contributed by atoms with Crippen molar-refractivity contribution < 1.29 is 9.00 Å². The van der Waals surface area contributed by atoms with Crippen LogP contribution in [0.5, 0.6) is 0 Å². The van der Waals surface area contributed by atoms with Crippen LogP contribution >= 0.6 is 0 Å². The maximum Gasteiger partial charge on any atom is 0.239 e. The van der Waals surface area contributed by atoms with E-state index < -0.39 is 16.0 Å². The molecule has 0 heterocycles. The zero-order valence-electron chi connectivity index (χ0n) is 9.77.